The van der Waals surface area contributed by atoms with Crippen LogP contribution < -0.4 is 10.2 Å². The third-order valence-corrected chi connectivity index (χ3v) is 8.66. The van der Waals surface area contributed by atoms with E-state index < -0.39 is 10.0 Å². The van der Waals surface area contributed by atoms with E-state index in [1.807, 2.05) is 6.07 Å². The van der Waals surface area contributed by atoms with Crippen molar-refractivity contribution in [2.75, 3.05) is 57.3 Å². The molecular weight excluding hydrogens is 448 g/mol. The molecule has 184 valence electrons. The van der Waals surface area contributed by atoms with Gasteiger partial charge >= 0.3 is 0 Å². The zero-order valence-corrected chi connectivity index (χ0v) is 20.7. The predicted octanol–water partition coefficient (Wildman–Crippen LogP) is 3.19. The van der Waals surface area contributed by atoms with Crippen molar-refractivity contribution < 1.29 is 13.2 Å². The number of carbonyl (C=O) groups is 1. The van der Waals surface area contributed by atoms with Crippen LogP contribution in [0, 0.1) is 0 Å². The first-order valence-electron chi connectivity index (χ1n) is 12.4. The second-order valence-electron chi connectivity index (χ2n) is 9.12. The van der Waals surface area contributed by atoms with Gasteiger partial charge in [0.05, 0.1) is 4.90 Å². The molecule has 1 amide bonds. The van der Waals surface area contributed by atoms with Gasteiger partial charge in [0.25, 0.3) is 5.91 Å². The Bertz CT molecular complexity index is 1010. The van der Waals surface area contributed by atoms with Gasteiger partial charge in [0, 0.05) is 57.1 Å². The Morgan fingerprint density at radius 3 is 2.09 bits per heavy atom. The van der Waals surface area contributed by atoms with E-state index >= 15 is 0 Å². The number of amides is 1. The Labute approximate surface area is 203 Å². The van der Waals surface area contributed by atoms with E-state index in [4.69, 9.17) is 0 Å². The number of nitrogens with zero attached hydrogens (tertiary/aromatic N) is 3. The molecule has 0 radical (unpaired) electrons. The molecule has 0 unspecified atom stereocenters. The van der Waals surface area contributed by atoms with Crippen molar-refractivity contribution in [3.8, 4) is 0 Å². The number of para-hydroxylation sites is 1. The summed E-state index contributed by atoms with van der Waals surface area (Å²) >= 11 is 0. The maximum absolute atomic E-state index is 12.9. The number of piperazine rings is 1. The van der Waals surface area contributed by atoms with Gasteiger partial charge in [-0.1, -0.05) is 31.0 Å². The van der Waals surface area contributed by atoms with Gasteiger partial charge in [0.15, 0.2) is 0 Å². The van der Waals surface area contributed by atoms with Crippen LogP contribution in [0.2, 0.25) is 0 Å². The van der Waals surface area contributed by atoms with Crippen LogP contribution in [0.3, 0.4) is 0 Å². The molecule has 34 heavy (non-hydrogen) atoms. The van der Waals surface area contributed by atoms with Crippen molar-refractivity contribution in [2.45, 2.75) is 37.0 Å². The number of benzene rings is 2. The Morgan fingerprint density at radius 1 is 0.794 bits per heavy atom. The fourth-order valence-corrected chi connectivity index (χ4v) is 6.20. The van der Waals surface area contributed by atoms with Crippen LogP contribution in [0.1, 0.15) is 42.5 Å². The van der Waals surface area contributed by atoms with Crippen LogP contribution in [0.25, 0.3) is 0 Å². The lowest BCUT2D eigenvalue weighted by Crippen LogP contribution is -2.47. The van der Waals surface area contributed by atoms with Crippen LogP contribution >= 0.6 is 0 Å². The average molecular weight is 485 g/mol. The monoisotopic (exact) mass is 484 g/mol. The number of hydrogen-bond acceptors (Lipinski definition) is 5. The summed E-state index contributed by atoms with van der Waals surface area (Å²) in [7, 11) is -3.49. The van der Waals surface area contributed by atoms with Crippen LogP contribution in [0.15, 0.2) is 59.5 Å². The van der Waals surface area contributed by atoms with Gasteiger partial charge in [-0.3, -0.25) is 9.69 Å². The molecule has 7 nitrogen and oxygen atoms in total. The van der Waals surface area contributed by atoms with Gasteiger partial charge in [-0.05, 0) is 62.2 Å². The van der Waals surface area contributed by atoms with Crippen LogP contribution in [-0.4, -0.2) is 75.9 Å². The first-order chi connectivity index (χ1) is 16.5. The molecule has 0 saturated carbocycles. The van der Waals surface area contributed by atoms with Gasteiger partial charge in [0.1, 0.15) is 0 Å². The second-order valence-corrected chi connectivity index (χ2v) is 11.1. The fourth-order valence-electron chi connectivity index (χ4n) is 4.68. The summed E-state index contributed by atoms with van der Waals surface area (Å²) in [5.74, 6) is -0.160. The second kappa shape index (κ2) is 11.8. The standard InChI is InChI=1S/C26H36N4O3S/c31-26(23-11-13-25(14-12-23)34(32,33)30-17-6-1-2-7-18-30)27-15-8-16-28-19-21-29(22-20-28)24-9-4-3-5-10-24/h3-5,9-14H,1-2,6-8,15-22H2,(H,27,31). The van der Waals surface area contributed by atoms with Crippen molar-refractivity contribution in [1.29, 1.82) is 0 Å². The Balaban J connectivity index is 1.19. The number of carbonyl (C=O) groups excluding carboxylic acids is 1. The third kappa shape index (κ3) is 6.37. The van der Waals surface area contributed by atoms with E-state index in [0.717, 1.165) is 64.8 Å². The summed E-state index contributed by atoms with van der Waals surface area (Å²) in [6.07, 6.45) is 4.85. The topological polar surface area (TPSA) is 73.0 Å². The minimum Gasteiger partial charge on any atom is -0.369 e. The minimum atomic E-state index is -3.49. The maximum atomic E-state index is 12.9. The van der Waals surface area contributed by atoms with E-state index in [1.165, 1.54) is 5.69 Å². The molecule has 2 heterocycles. The Kier molecular flexibility index (Phi) is 8.59. The molecule has 2 aromatic carbocycles. The van der Waals surface area contributed by atoms with Crippen LogP contribution in [0.4, 0.5) is 5.69 Å². The summed E-state index contributed by atoms with van der Waals surface area (Å²) in [6.45, 7) is 6.79. The Morgan fingerprint density at radius 2 is 1.44 bits per heavy atom. The van der Waals surface area contributed by atoms with E-state index in [0.29, 0.717) is 25.2 Å². The summed E-state index contributed by atoms with van der Waals surface area (Å²) < 4.78 is 27.4. The molecular formula is C26H36N4O3S. The lowest BCUT2D eigenvalue weighted by atomic mass is 10.2. The maximum Gasteiger partial charge on any atom is 0.251 e. The molecule has 2 saturated heterocycles. The summed E-state index contributed by atoms with van der Waals surface area (Å²) in [4.78, 5) is 17.6. The molecule has 0 spiro atoms. The minimum absolute atomic E-state index is 0.160. The van der Waals surface area contributed by atoms with E-state index in [1.54, 1.807) is 28.6 Å². The molecule has 2 fully saturated rings. The SMILES string of the molecule is O=C(NCCCN1CCN(c2ccccc2)CC1)c1ccc(S(=O)(=O)N2CCCCCC2)cc1. The lowest BCUT2D eigenvalue weighted by molar-refractivity contribution is 0.0951. The summed E-state index contributed by atoms with van der Waals surface area (Å²) in [5, 5.41) is 2.97. The predicted molar refractivity (Wildman–Crippen MR) is 136 cm³/mol. The van der Waals surface area contributed by atoms with Gasteiger partial charge < -0.3 is 10.2 Å². The third-order valence-electron chi connectivity index (χ3n) is 6.75. The smallest absolute Gasteiger partial charge is 0.251 e. The van der Waals surface area contributed by atoms with E-state index in [9.17, 15) is 13.2 Å². The lowest BCUT2D eigenvalue weighted by Gasteiger charge is -2.36. The summed E-state index contributed by atoms with van der Waals surface area (Å²) in [5.41, 5.74) is 1.77. The number of nitrogens with one attached hydrogen (secondary N) is 1. The molecule has 2 aromatic rings. The highest BCUT2D eigenvalue weighted by atomic mass is 32.2. The number of sulfonamides is 1. The van der Waals surface area contributed by atoms with Crippen molar-refractivity contribution in [3.63, 3.8) is 0 Å². The van der Waals surface area contributed by atoms with Crippen molar-refractivity contribution in [1.82, 2.24) is 14.5 Å². The van der Waals surface area contributed by atoms with Crippen LogP contribution in [0.5, 0.6) is 0 Å². The molecule has 1 N–H and O–H groups in total. The molecule has 4 rings (SSSR count). The largest absolute Gasteiger partial charge is 0.369 e. The van der Waals surface area contributed by atoms with E-state index in [-0.39, 0.29) is 10.8 Å². The van der Waals surface area contributed by atoms with Gasteiger partial charge in [-0.25, -0.2) is 8.42 Å². The number of anilines is 1. The fraction of sp³-hybridized carbons (Fsp3) is 0.500. The molecule has 0 bridgehead atoms. The highest BCUT2D eigenvalue weighted by Crippen LogP contribution is 2.21. The molecule has 2 aliphatic rings. The first-order valence-corrected chi connectivity index (χ1v) is 13.9. The Hall–Kier alpha value is -2.42. The molecule has 0 aromatic heterocycles. The van der Waals surface area contributed by atoms with Gasteiger partial charge in [-0.2, -0.15) is 4.31 Å². The average Bonchev–Trinajstić information content (AvgIpc) is 3.18. The first kappa shape index (κ1) is 24.7. The zero-order valence-electron chi connectivity index (χ0n) is 19.9. The molecule has 0 aliphatic carbocycles. The van der Waals surface area contributed by atoms with Crippen molar-refractivity contribution in [3.05, 3.63) is 60.2 Å². The number of hydrogen-bond donors (Lipinski definition) is 1. The van der Waals surface area contributed by atoms with Crippen molar-refractivity contribution in [2.24, 2.45) is 0 Å². The highest BCUT2D eigenvalue weighted by molar-refractivity contribution is 7.89. The molecule has 0 atom stereocenters. The van der Waals surface area contributed by atoms with Crippen LogP contribution in [-0.2, 0) is 10.0 Å². The quantitative estimate of drug-likeness (QED) is 0.583. The van der Waals surface area contributed by atoms with E-state index in [2.05, 4.69) is 39.4 Å². The van der Waals surface area contributed by atoms with Crippen molar-refractivity contribution >= 4 is 21.6 Å². The zero-order chi connectivity index (χ0) is 23.8. The molecule has 8 heteroatoms. The van der Waals surface area contributed by atoms with Gasteiger partial charge in [-0.15, -0.1) is 0 Å². The number of rotatable bonds is 8. The van der Waals surface area contributed by atoms with Gasteiger partial charge in [0.2, 0.25) is 10.0 Å². The highest BCUT2D eigenvalue weighted by Gasteiger charge is 2.25. The normalized spacial score (nSPS) is 18.4. The summed E-state index contributed by atoms with van der Waals surface area (Å²) in [6, 6.07) is 16.8. The molecule has 2 aliphatic heterocycles.